The largest absolute Gasteiger partial charge is 0.379 e. The number of hydrogen-bond donors (Lipinski definition) is 2. The summed E-state index contributed by atoms with van der Waals surface area (Å²) in [5.74, 6) is -0.999. The molecule has 2 heterocycles. The van der Waals surface area contributed by atoms with Crippen molar-refractivity contribution < 1.29 is 22.7 Å². The quantitative estimate of drug-likeness (QED) is 0.592. The molecule has 0 radical (unpaired) electrons. The van der Waals surface area contributed by atoms with Crippen LogP contribution < -0.4 is 10.9 Å². The van der Waals surface area contributed by atoms with Crippen molar-refractivity contribution in [3.05, 3.63) is 65.9 Å². The molecule has 2 aromatic carbocycles. The number of hydrazine groups is 1. The van der Waals surface area contributed by atoms with Gasteiger partial charge in [0.05, 0.1) is 23.7 Å². The molecule has 162 valence electrons. The van der Waals surface area contributed by atoms with Crippen LogP contribution in [0.25, 0.3) is 10.9 Å². The second kappa shape index (κ2) is 8.50. The number of para-hydroxylation sites is 1. The standard InChI is InChI=1S/C21H22N4O5S/c1-24-14-18(17-4-2-3-5-19(17)24)21(27)23-22-20(26)15-6-8-16(9-7-15)31(28,29)25-10-12-30-13-11-25/h2-9,14H,10-13H2,1H3,(H,22,26)(H,23,27). The zero-order valence-electron chi connectivity index (χ0n) is 16.9. The van der Waals surface area contributed by atoms with Crippen LogP contribution in [0.2, 0.25) is 0 Å². The van der Waals surface area contributed by atoms with Gasteiger partial charge in [0.25, 0.3) is 11.8 Å². The van der Waals surface area contributed by atoms with Gasteiger partial charge in [-0.25, -0.2) is 8.42 Å². The van der Waals surface area contributed by atoms with E-state index in [-0.39, 0.29) is 10.5 Å². The molecule has 10 heteroatoms. The number of benzene rings is 2. The lowest BCUT2D eigenvalue weighted by atomic mass is 10.2. The number of carbonyl (C=O) groups excluding carboxylic acids is 2. The lowest BCUT2D eigenvalue weighted by molar-refractivity contribution is 0.0730. The Balaban J connectivity index is 1.42. The molecule has 1 aliphatic rings. The highest BCUT2D eigenvalue weighted by Crippen LogP contribution is 2.20. The van der Waals surface area contributed by atoms with E-state index in [2.05, 4.69) is 10.9 Å². The number of amides is 2. The Hall–Kier alpha value is -3.21. The summed E-state index contributed by atoms with van der Waals surface area (Å²) < 4.78 is 33.7. The number of ether oxygens (including phenoxy) is 1. The highest BCUT2D eigenvalue weighted by atomic mass is 32.2. The fourth-order valence-corrected chi connectivity index (χ4v) is 4.90. The summed E-state index contributed by atoms with van der Waals surface area (Å²) in [7, 11) is -1.80. The summed E-state index contributed by atoms with van der Waals surface area (Å²) in [5, 5.41) is 0.773. The van der Waals surface area contributed by atoms with Crippen molar-refractivity contribution in [3.8, 4) is 0 Å². The number of nitrogens with one attached hydrogen (secondary N) is 2. The third kappa shape index (κ3) is 4.18. The molecule has 0 unspecified atom stereocenters. The van der Waals surface area contributed by atoms with Crippen molar-refractivity contribution in [3.63, 3.8) is 0 Å². The first kappa shape index (κ1) is 21.0. The Morgan fingerprint density at radius 3 is 2.29 bits per heavy atom. The van der Waals surface area contributed by atoms with Crippen molar-refractivity contribution in [1.82, 2.24) is 19.7 Å². The number of rotatable bonds is 4. The topological polar surface area (TPSA) is 110 Å². The Morgan fingerprint density at radius 1 is 0.935 bits per heavy atom. The van der Waals surface area contributed by atoms with Gasteiger partial charge in [-0.3, -0.25) is 20.4 Å². The predicted octanol–water partition coefficient (Wildman–Crippen LogP) is 1.27. The highest BCUT2D eigenvalue weighted by molar-refractivity contribution is 7.89. The van der Waals surface area contributed by atoms with Gasteiger partial charge in [0, 0.05) is 42.8 Å². The number of carbonyl (C=O) groups is 2. The third-order valence-corrected chi connectivity index (χ3v) is 7.07. The van der Waals surface area contributed by atoms with Crippen LogP contribution in [0.5, 0.6) is 0 Å². The molecule has 1 aliphatic heterocycles. The van der Waals surface area contributed by atoms with Crippen LogP contribution in [-0.2, 0) is 21.8 Å². The number of aromatic nitrogens is 1. The van der Waals surface area contributed by atoms with Gasteiger partial charge in [-0.2, -0.15) is 4.31 Å². The molecule has 0 saturated carbocycles. The lowest BCUT2D eigenvalue weighted by Gasteiger charge is -2.26. The normalized spacial score (nSPS) is 15.0. The fourth-order valence-electron chi connectivity index (χ4n) is 3.49. The molecular formula is C21H22N4O5S. The van der Waals surface area contributed by atoms with E-state index in [1.165, 1.54) is 28.6 Å². The zero-order valence-corrected chi connectivity index (χ0v) is 17.7. The Morgan fingerprint density at radius 2 is 1.58 bits per heavy atom. The van der Waals surface area contributed by atoms with E-state index in [0.717, 1.165) is 10.9 Å². The van der Waals surface area contributed by atoms with Crippen molar-refractivity contribution >= 4 is 32.7 Å². The first-order valence-corrected chi connectivity index (χ1v) is 11.1. The zero-order chi connectivity index (χ0) is 22.0. The van der Waals surface area contributed by atoms with Crippen LogP contribution in [0.1, 0.15) is 20.7 Å². The maximum atomic E-state index is 12.7. The maximum Gasteiger partial charge on any atom is 0.271 e. The van der Waals surface area contributed by atoms with Gasteiger partial charge in [-0.05, 0) is 30.3 Å². The van der Waals surface area contributed by atoms with Crippen LogP contribution in [0.15, 0.2) is 59.6 Å². The van der Waals surface area contributed by atoms with Crippen LogP contribution in [0, 0.1) is 0 Å². The van der Waals surface area contributed by atoms with Crippen LogP contribution >= 0.6 is 0 Å². The van der Waals surface area contributed by atoms with Gasteiger partial charge < -0.3 is 9.30 Å². The number of morpholine rings is 1. The van der Waals surface area contributed by atoms with Crippen molar-refractivity contribution in [2.24, 2.45) is 7.05 Å². The molecule has 1 fully saturated rings. The summed E-state index contributed by atoms with van der Waals surface area (Å²) in [5.41, 5.74) is 6.33. The second-order valence-corrected chi connectivity index (χ2v) is 9.06. The average molecular weight is 442 g/mol. The minimum atomic E-state index is -3.64. The molecule has 0 bridgehead atoms. The van der Waals surface area contributed by atoms with Gasteiger partial charge >= 0.3 is 0 Å². The molecule has 4 rings (SSSR count). The number of nitrogens with zero attached hydrogens (tertiary/aromatic N) is 2. The van der Waals surface area contributed by atoms with E-state index in [9.17, 15) is 18.0 Å². The number of sulfonamides is 1. The molecule has 2 amide bonds. The van der Waals surface area contributed by atoms with Gasteiger partial charge in [0.15, 0.2) is 0 Å². The number of fused-ring (bicyclic) bond motifs is 1. The summed E-state index contributed by atoms with van der Waals surface area (Å²) in [6, 6.07) is 13.0. The first-order chi connectivity index (χ1) is 14.9. The summed E-state index contributed by atoms with van der Waals surface area (Å²) in [6.45, 7) is 1.31. The van der Waals surface area contributed by atoms with Gasteiger partial charge in [0.2, 0.25) is 10.0 Å². The van der Waals surface area contributed by atoms with E-state index in [4.69, 9.17) is 4.74 Å². The van der Waals surface area contributed by atoms with Crippen LogP contribution in [-0.4, -0.2) is 55.4 Å². The Bertz CT molecular complexity index is 1230. The van der Waals surface area contributed by atoms with Crippen LogP contribution in [0.3, 0.4) is 0 Å². The van der Waals surface area contributed by atoms with E-state index < -0.39 is 21.8 Å². The van der Waals surface area contributed by atoms with Gasteiger partial charge in [-0.1, -0.05) is 18.2 Å². The van der Waals surface area contributed by atoms with Crippen molar-refractivity contribution in [2.75, 3.05) is 26.3 Å². The fraction of sp³-hybridized carbons (Fsp3) is 0.238. The minimum absolute atomic E-state index is 0.103. The smallest absolute Gasteiger partial charge is 0.271 e. The molecule has 0 aliphatic carbocycles. The first-order valence-electron chi connectivity index (χ1n) is 9.70. The summed E-state index contributed by atoms with van der Waals surface area (Å²) >= 11 is 0. The molecule has 2 N–H and O–H groups in total. The molecular weight excluding hydrogens is 420 g/mol. The summed E-state index contributed by atoms with van der Waals surface area (Å²) in [6.07, 6.45) is 1.69. The molecule has 31 heavy (non-hydrogen) atoms. The highest BCUT2D eigenvalue weighted by Gasteiger charge is 2.26. The SMILES string of the molecule is Cn1cc(C(=O)NNC(=O)c2ccc(S(=O)(=O)N3CCOCC3)cc2)c2ccccc21. The second-order valence-electron chi connectivity index (χ2n) is 7.12. The molecule has 9 nitrogen and oxygen atoms in total. The van der Waals surface area contributed by atoms with E-state index in [0.29, 0.717) is 31.9 Å². The molecule has 3 aromatic rings. The molecule has 1 aromatic heterocycles. The minimum Gasteiger partial charge on any atom is -0.379 e. The third-order valence-electron chi connectivity index (χ3n) is 5.16. The van der Waals surface area contributed by atoms with Crippen LogP contribution in [0.4, 0.5) is 0 Å². The van der Waals surface area contributed by atoms with Crippen molar-refractivity contribution in [2.45, 2.75) is 4.90 Å². The molecule has 0 spiro atoms. The van der Waals surface area contributed by atoms with Gasteiger partial charge in [-0.15, -0.1) is 0 Å². The molecule has 0 atom stereocenters. The lowest BCUT2D eigenvalue weighted by Crippen LogP contribution is -2.41. The maximum absolute atomic E-state index is 12.7. The predicted molar refractivity (Wildman–Crippen MR) is 114 cm³/mol. The van der Waals surface area contributed by atoms with E-state index in [1.54, 1.807) is 6.20 Å². The average Bonchev–Trinajstić information content (AvgIpc) is 3.15. The van der Waals surface area contributed by atoms with E-state index in [1.807, 2.05) is 35.9 Å². The Kier molecular flexibility index (Phi) is 5.77. The summed E-state index contributed by atoms with van der Waals surface area (Å²) in [4.78, 5) is 25.0. The van der Waals surface area contributed by atoms with Crippen molar-refractivity contribution in [1.29, 1.82) is 0 Å². The van der Waals surface area contributed by atoms with E-state index >= 15 is 0 Å². The number of hydrogen-bond acceptors (Lipinski definition) is 5. The number of aryl methyl sites for hydroxylation is 1. The van der Waals surface area contributed by atoms with Gasteiger partial charge in [0.1, 0.15) is 0 Å². The molecule has 1 saturated heterocycles. The Labute approximate surface area is 179 Å². The monoisotopic (exact) mass is 442 g/mol.